The van der Waals surface area contributed by atoms with Crippen molar-refractivity contribution < 1.29 is 5.11 Å². The molecule has 1 saturated carbocycles. The first-order valence-corrected chi connectivity index (χ1v) is 7.34. The number of para-hydroxylation sites is 1. The van der Waals surface area contributed by atoms with Gasteiger partial charge >= 0.3 is 0 Å². The fourth-order valence-electron chi connectivity index (χ4n) is 3.35. The van der Waals surface area contributed by atoms with Crippen LogP contribution < -0.4 is 4.90 Å². The zero-order valence-corrected chi connectivity index (χ0v) is 12.7. The Morgan fingerprint density at radius 1 is 1.32 bits per heavy atom. The molecule has 1 N–H and O–H groups in total. The summed E-state index contributed by atoms with van der Waals surface area (Å²) < 4.78 is 0. The predicted molar refractivity (Wildman–Crippen MR) is 81.6 cm³/mol. The molecule has 0 saturated heterocycles. The first-order chi connectivity index (χ1) is 8.89. The van der Waals surface area contributed by atoms with Crippen molar-refractivity contribution in [3.63, 3.8) is 0 Å². The Labute approximate surface area is 117 Å². The fourth-order valence-corrected chi connectivity index (χ4v) is 3.35. The first kappa shape index (κ1) is 14.4. The number of hydrogen-bond acceptors (Lipinski definition) is 2. The Kier molecular flexibility index (Phi) is 4.19. The molecule has 1 aromatic rings. The number of benzene rings is 1. The minimum absolute atomic E-state index is 0.139. The van der Waals surface area contributed by atoms with Crippen molar-refractivity contribution in [3.05, 3.63) is 29.8 Å². The molecule has 2 nitrogen and oxygen atoms in total. The molecule has 1 fully saturated rings. The van der Waals surface area contributed by atoms with E-state index >= 15 is 0 Å². The summed E-state index contributed by atoms with van der Waals surface area (Å²) in [4.78, 5) is 2.30. The van der Waals surface area contributed by atoms with Gasteiger partial charge in [0.15, 0.2) is 0 Å². The fraction of sp³-hybridized carbons (Fsp3) is 0.647. The van der Waals surface area contributed by atoms with Crippen molar-refractivity contribution >= 4 is 5.69 Å². The van der Waals surface area contributed by atoms with E-state index in [-0.39, 0.29) is 6.10 Å². The van der Waals surface area contributed by atoms with E-state index in [0.717, 1.165) is 25.8 Å². The highest BCUT2D eigenvalue weighted by molar-refractivity contribution is 5.52. The van der Waals surface area contributed by atoms with Crippen LogP contribution in [0.3, 0.4) is 0 Å². The smallest absolute Gasteiger partial charge is 0.0585 e. The number of rotatable bonds is 3. The van der Waals surface area contributed by atoms with Crippen molar-refractivity contribution in [1.82, 2.24) is 0 Å². The van der Waals surface area contributed by atoms with E-state index in [4.69, 9.17) is 0 Å². The maximum Gasteiger partial charge on any atom is 0.0585 e. The SMILES string of the molecule is Cc1ccccc1N(C)CC1CC(C)(C)CCC1O. The Morgan fingerprint density at radius 3 is 2.68 bits per heavy atom. The van der Waals surface area contributed by atoms with Crippen LogP contribution in [0, 0.1) is 18.3 Å². The molecule has 2 atom stereocenters. The lowest BCUT2D eigenvalue weighted by Crippen LogP contribution is -2.40. The van der Waals surface area contributed by atoms with Crippen molar-refractivity contribution in [2.75, 3.05) is 18.5 Å². The second kappa shape index (κ2) is 5.54. The lowest BCUT2D eigenvalue weighted by atomic mass is 9.70. The normalized spacial score (nSPS) is 26.2. The van der Waals surface area contributed by atoms with Gasteiger partial charge in [-0.05, 0) is 43.2 Å². The van der Waals surface area contributed by atoms with Crippen molar-refractivity contribution in [3.8, 4) is 0 Å². The molecule has 106 valence electrons. The molecule has 0 aromatic heterocycles. The molecular weight excluding hydrogens is 234 g/mol. The van der Waals surface area contributed by atoms with Crippen LogP contribution in [0.5, 0.6) is 0 Å². The van der Waals surface area contributed by atoms with Gasteiger partial charge in [-0.1, -0.05) is 32.0 Å². The van der Waals surface area contributed by atoms with Gasteiger partial charge < -0.3 is 10.0 Å². The van der Waals surface area contributed by atoms with Crippen molar-refractivity contribution in [2.45, 2.75) is 46.1 Å². The van der Waals surface area contributed by atoms with Gasteiger partial charge in [0, 0.05) is 25.2 Å². The molecule has 1 aliphatic carbocycles. The quantitative estimate of drug-likeness (QED) is 0.898. The second-order valence-corrected chi connectivity index (χ2v) is 6.90. The number of hydrogen-bond donors (Lipinski definition) is 1. The summed E-state index contributed by atoms with van der Waals surface area (Å²) >= 11 is 0. The molecule has 0 heterocycles. The first-order valence-electron chi connectivity index (χ1n) is 7.34. The van der Waals surface area contributed by atoms with Gasteiger partial charge in [0.1, 0.15) is 0 Å². The molecule has 19 heavy (non-hydrogen) atoms. The molecule has 0 amide bonds. The van der Waals surface area contributed by atoms with E-state index in [1.165, 1.54) is 11.3 Å². The number of aryl methyl sites for hydroxylation is 1. The minimum atomic E-state index is -0.139. The lowest BCUT2D eigenvalue weighted by Gasteiger charge is -2.40. The highest BCUT2D eigenvalue weighted by Crippen LogP contribution is 2.39. The molecule has 0 aliphatic heterocycles. The van der Waals surface area contributed by atoms with Gasteiger partial charge in [0.25, 0.3) is 0 Å². The van der Waals surface area contributed by atoms with Gasteiger partial charge in [-0.3, -0.25) is 0 Å². The highest BCUT2D eigenvalue weighted by atomic mass is 16.3. The molecule has 0 spiro atoms. The molecule has 0 radical (unpaired) electrons. The van der Waals surface area contributed by atoms with Crippen LogP contribution in [0.4, 0.5) is 5.69 Å². The van der Waals surface area contributed by atoms with Gasteiger partial charge in [0.2, 0.25) is 0 Å². The number of nitrogens with zero attached hydrogens (tertiary/aromatic N) is 1. The van der Waals surface area contributed by atoms with E-state index in [0.29, 0.717) is 11.3 Å². The maximum absolute atomic E-state index is 10.2. The van der Waals surface area contributed by atoms with E-state index in [9.17, 15) is 5.11 Å². The van der Waals surface area contributed by atoms with Gasteiger partial charge in [0.05, 0.1) is 6.10 Å². The third-order valence-corrected chi connectivity index (χ3v) is 4.51. The van der Waals surface area contributed by atoms with Crippen LogP contribution in [0.25, 0.3) is 0 Å². The van der Waals surface area contributed by atoms with Crippen LogP contribution in [0.2, 0.25) is 0 Å². The Morgan fingerprint density at radius 2 is 2.00 bits per heavy atom. The Hall–Kier alpha value is -1.02. The Balaban J connectivity index is 2.06. The molecule has 0 bridgehead atoms. The number of aliphatic hydroxyl groups is 1. The van der Waals surface area contributed by atoms with Crippen LogP contribution in [0.15, 0.2) is 24.3 Å². The predicted octanol–water partition coefficient (Wildman–Crippen LogP) is 3.62. The molecule has 1 aliphatic rings. The largest absolute Gasteiger partial charge is 0.393 e. The molecular formula is C17H27NO. The number of aliphatic hydroxyl groups excluding tert-OH is 1. The maximum atomic E-state index is 10.2. The molecule has 2 heteroatoms. The van der Waals surface area contributed by atoms with Gasteiger partial charge in [-0.25, -0.2) is 0 Å². The lowest BCUT2D eigenvalue weighted by molar-refractivity contribution is 0.0254. The average Bonchev–Trinajstić information content (AvgIpc) is 2.34. The zero-order valence-electron chi connectivity index (χ0n) is 12.7. The minimum Gasteiger partial charge on any atom is -0.393 e. The van der Waals surface area contributed by atoms with E-state index in [2.05, 4.69) is 57.0 Å². The summed E-state index contributed by atoms with van der Waals surface area (Å²) in [5.41, 5.74) is 2.95. The van der Waals surface area contributed by atoms with Crippen LogP contribution in [-0.4, -0.2) is 24.8 Å². The molecule has 2 unspecified atom stereocenters. The third kappa shape index (κ3) is 3.50. The van der Waals surface area contributed by atoms with Crippen LogP contribution in [-0.2, 0) is 0 Å². The topological polar surface area (TPSA) is 23.5 Å². The van der Waals surface area contributed by atoms with Gasteiger partial charge in [-0.15, -0.1) is 0 Å². The summed E-state index contributed by atoms with van der Waals surface area (Å²) in [6, 6.07) is 8.47. The van der Waals surface area contributed by atoms with Crippen LogP contribution >= 0.6 is 0 Å². The molecule has 2 rings (SSSR count). The van der Waals surface area contributed by atoms with E-state index < -0.39 is 0 Å². The summed E-state index contributed by atoms with van der Waals surface area (Å²) in [6.07, 6.45) is 3.06. The second-order valence-electron chi connectivity index (χ2n) is 6.90. The zero-order chi connectivity index (χ0) is 14.0. The third-order valence-electron chi connectivity index (χ3n) is 4.51. The van der Waals surface area contributed by atoms with Crippen LogP contribution in [0.1, 0.15) is 38.7 Å². The average molecular weight is 261 g/mol. The standard InChI is InChI=1S/C17H27NO/c1-13-7-5-6-8-15(13)18(4)12-14-11-17(2,3)10-9-16(14)19/h5-8,14,16,19H,9-12H2,1-4H3. The van der Waals surface area contributed by atoms with E-state index in [1.54, 1.807) is 0 Å². The Bertz CT molecular complexity index is 427. The molecule has 1 aromatic carbocycles. The summed E-state index contributed by atoms with van der Waals surface area (Å²) in [5.74, 6) is 0.383. The number of anilines is 1. The van der Waals surface area contributed by atoms with Gasteiger partial charge in [-0.2, -0.15) is 0 Å². The van der Waals surface area contributed by atoms with Crippen molar-refractivity contribution in [2.24, 2.45) is 11.3 Å². The highest BCUT2D eigenvalue weighted by Gasteiger charge is 2.34. The monoisotopic (exact) mass is 261 g/mol. The van der Waals surface area contributed by atoms with Crippen molar-refractivity contribution in [1.29, 1.82) is 0 Å². The summed E-state index contributed by atoms with van der Waals surface area (Å²) in [5, 5.41) is 10.2. The summed E-state index contributed by atoms with van der Waals surface area (Å²) in [6.45, 7) is 7.72. The van der Waals surface area contributed by atoms with E-state index in [1.807, 2.05) is 0 Å². The summed E-state index contributed by atoms with van der Waals surface area (Å²) in [7, 11) is 2.14.